The predicted molar refractivity (Wildman–Crippen MR) is 161 cm³/mol. The molecule has 0 radical (unpaired) electrons. The number of anilines is 3. The van der Waals surface area contributed by atoms with Crippen molar-refractivity contribution in [3.05, 3.63) is 118 Å². The fraction of sp³-hybridized carbons (Fsp3) is 0.0690. The number of thioether (sulfide) groups is 1. The Morgan fingerprint density at radius 1 is 0.842 bits per heavy atom. The molecular weight excluding hydrogens is 585 g/mol. The van der Waals surface area contributed by atoms with E-state index in [1.165, 1.54) is 30.8 Å². The minimum atomic E-state index is -0.626. The number of nitrogens with one attached hydrogen (secondary N) is 3. The summed E-state index contributed by atoms with van der Waals surface area (Å²) in [7, 11) is 0. The monoisotopic (exact) mass is 607 g/mol. The average molecular weight is 609 g/mol. The average Bonchev–Trinajstić information content (AvgIpc) is 2.90. The molecule has 3 N–H and O–H groups in total. The summed E-state index contributed by atoms with van der Waals surface area (Å²) < 4.78 is 15.0. The molecule has 0 aromatic heterocycles. The largest absolute Gasteiger partial charge is 0.332 e. The number of Topliss-reactive ketones (excluding diaryl/α,β-unsaturated/α-hetero) is 1. The number of carbonyl (C=O) groups is 2. The molecule has 38 heavy (non-hydrogen) atoms. The first-order chi connectivity index (χ1) is 18.3. The molecule has 1 unspecified atom stereocenters. The van der Waals surface area contributed by atoms with E-state index >= 15 is 0 Å². The van der Waals surface area contributed by atoms with Crippen LogP contribution in [-0.4, -0.2) is 16.8 Å². The molecule has 0 saturated heterocycles. The molecular formula is C29H23BrFN3O2S2. The zero-order valence-electron chi connectivity index (χ0n) is 20.2. The first-order valence-electron chi connectivity index (χ1n) is 11.5. The maximum absolute atomic E-state index is 14.4. The van der Waals surface area contributed by atoms with Crippen LogP contribution in [0.25, 0.3) is 0 Å². The summed E-state index contributed by atoms with van der Waals surface area (Å²) >= 11 is 10.0. The van der Waals surface area contributed by atoms with Crippen LogP contribution in [0, 0.1) is 5.82 Å². The third-order valence-electron chi connectivity index (χ3n) is 5.42. The lowest BCUT2D eigenvalue weighted by Crippen LogP contribution is -2.20. The van der Waals surface area contributed by atoms with Crippen LogP contribution in [0.2, 0.25) is 0 Å². The quantitative estimate of drug-likeness (QED) is 0.107. The Bertz CT molecular complexity index is 1470. The van der Waals surface area contributed by atoms with Gasteiger partial charge >= 0.3 is 0 Å². The third kappa shape index (κ3) is 7.50. The van der Waals surface area contributed by atoms with Crippen LogP contribution in [0.3, 0.4) is 0 Å². The minimum absolute atomic E-state index is 0.00368. The normalized spacial score (nSPS) is 11.3. The van der Waals surface area contributed by atoms with Gasteiger partial charge in [-0.2, -0.15) is 0 Å². The summed E-state index contributed by atoms with van der Waals surface area (Å²) in [6, 6.07) is 28.4. The van der Waals surface area contributed by atoms with E-state index in [1.54, 1.807) is 30.3 Å². The molecule has 9 heteroatoms. The van der Waals surface area contributed by atoms with Crippen LogP contribution in [0.4, 0.5) is 21.5 Å². The van der Waals surface area contributed by atoms with Gasteiger partial charge in [0.15, 0.2) is 10.9 Å². The number of ketones is 1. The molecule has 1 amide bonds. The van der Waals surface area contributed by atoms with Gasteiger partial charge in [0, 0.05) is 26.3 Å². The minimum Gasteiger partial charge on any atom is -0.332 e. The van der Waals surface area contributed by atoms with Crippen molar-refractivity contribution in [2.24, 2.45) is 0 Å². The summed E-state index contributed by atoms with van der Waals surface area (Å²) in [6.07, 6.45) is 0. The smallest absolute Gasteiger partial charge is 0.242 e. The van der Waals surface area contributed by atoms with Gasteiger partial charge in [-0.1, -0.05) is 52.3 Å². The zero-order chi connectivity index (χ0) is 27.1. The van der Waals surface area contributed by atoms with Gasteiger partial charge in [0.25, 0.3) is 0 Å². The molecule has 1 atom stereocenters. The Kier molecular flexibility index (Phi) is 9.28. The van der Waals surface area contributed by atoms with Gasteiger partial charge in [0.05, 0.1) is 5.69 Å². The molecule has 0 bridgehead atoms. The lowest BCUT2D eigenvalue weighted by atomic mass is 10.1. The van der Waals surface area contributed by atoms with Crippen LogP contribution >= 0.6 is 39.9 Å². The van der Waals surface area contributed by atoms with Gasteiger partial charge in [-0.15, -0.1) is 11.8 Å². The first kappa shape index (κ1) is 27.5. The Morgan fingerprint density at radius 2 is 1.55 bits per heavy atom. The molecule has 4 aromatic rings. The van der Waals surface area contributed by atoms with Crippen LogP contribution in [-0.2, 0) is 4.79 Å². The lowest BCUT2D eigenvalue weighted by molar-refractivity contribution is -0.115. The zero-order valence-corrected chi connectivity index (χ0v) is 23.4. The van der Waals surface area contributed by atoms with Gasteiger partial charge < -0.3 is 16.0 Å². The van der Waals surface area contributed by atoms with E-state index < -0.39 is 11.1 Å². The van der Waals surface area contributed by atoms with Crippen molar-refractivity contribution in [2.75, 3.05) is 16.0 Å². The number of benzene rings is 4. The summed E-state index contributed by atoms with van der Waals surface area (Å²) in [4.78, 5) is 25.6. The Hall–Kier alpha value is -3.53. The molecule has 4 rings (SSSR count). The van der Waals surface area contributed by atoms with E-state index in [1.807, 2.05) is 54.6 Å². The van der Waals surface area contributed by atoms with Crippen molar-refractivity contribution in [3.63, 3.8) is 0 Å². The van der Waals surface area contributed by atoms with Gasteiger partial charge in [-0.25, -0.2) is 4.39 Å². The molecule has 192 valence electrons. The third-order valence-corrected chi connectivity index (χ3v) is 7.37. The number of rotatable bonds is 8. The van der Waals surface area contributed by atoms with Crippen LogP contribution in [0.5, 0.6) is 0 Å². The van der Waals surface area contributed by atoms with E-state index in [0.717, 1.165) is 21.8 Å². The Labute approximate surface area is 238 Å². The van der Waals surface area contributed by atoms with Gasteiger partial charge in [0.2, 0.25) is 5.91 Å². The molecule has 0 aliphatic rings. The molecule has 0 spiro atoms. The van der Waals surface area contributed by atoms with Crippen molar-refractivity contribution in [1.29, 1.82) is 0 Å². The van der Waals surface area contributed by atoms with Crippen molar-refractivity contribution in [3.8, 4) is 0 Å². The lowest BCUT2D eigenvalue weighted by Gasteiger charge is -2.18. The number of hydrogen-bond donors (Lipinski definition) is 3. The summed E-state index contributed by atoms with van der Waals surface area (Å²) in [5.74, 6) is -0.865. The fourth-order valence-electron chi connectivity index (χ4n) is 3.55. The fourth-order valence-corrected chi connectivity index (χ4v) is 5.21. The second kappa shape index (κ2) is 12.8. The molecule has 0 saturated carbocycles. The molecule has 0 heterocycles. The van der Waals surface area contributed by atoms with E-state index in [-0.39, 0.29) is 17.4 Å². The van der Waals surface area contributed by atoms with Gasteiger partial charge in [0.1, 0.15) is 11.1 Å². The Morgan fingerprint density at radius 3 is 2.24 bits per heavy atom. The Balaban J connectivity index is 1.48. The second-order valence-corrected chi connectivity index (χ2v) is 10.8. The van der Waals surface area contributed by atoms with E-state index in [4.69, 9.17) is 12.2 Å². The maximum Gasteiger partial charge on any atom is 0.242 e. The van der Waals surface area contributed by atoms with E-state index in [9.17, 15) is 14.0 Å². The highest BCUT2D eigenvalue weighted by atomic mass is 79.9. The van der Waals surface area contributed by atoms with Crippen LogP contribution < -0.4 is 16.0 Å². The van der Waals surface area contributed by atoms with Crippen LogP contribution in [0.1, 0.15) is 28.1 Å². The first-order valence-corrected chi connectivity index (χ1v) is 13.6. The highest BCUT2D eigenvalue weighted by molar-refractivity contribution is 9.10. The summed E-state index contributed by atoms with van der Waals surface area (Å²) in [6.45, 7) is 1.52. The number of amides is 1. The highest BCUT2D eigenvalue weighted by Crippen LogP contribution is 2.37. The summed E-state index contributed by atoms with van der Waals surface area (Å²) in [5.41, 5.74) is 3.01. The molecule has 0 aliphatic heterocycles. The van der Waals surface area contributed by atoms with Crippen molar-refractivity contribution < 1.29 is 14.0 Å². The number of thiocarbonyl (C=S) groups is 1. The number of halogens is 2. The number of carbonyl (C=O) groups excluding carboxylic acids is 2. The van der Waals surface area contributed by atoms with Crippen molar-refractivity contribution >= 4 is 73.8 Å². The molecule has 0 aliphatic carbocycles. The number of hydrogen-bond acceptors (Lipinski definition) is 4. The van der Waals surface area contributed by atoms with E-state index in [0.29, 0.717) is 15.1 Å². The maximum atomic E-state index is 14.4. The topological polar surface area (TPSA) is 70.2 Å². The predicted octanol–water partition coefficient (Wildman–Crippen LogP) is 8.07. The van der Waals surface area contributed by atoms with E-state index in [2.05, 4.69) is 31.9 Å². The van der Waals surface area contributed by atoms with Gasteiger partial charge in [-0.3, -0.25) is 9.59 Å². The molecule has 0 fully saturated rings. The molecule has 5 nitrogen and oxygen atoms in total. The standard InChI is InChI=1S/C29H23BrFN3O2S2/c1-18(35)19-10-13-22(14-11-19)32-29(37)33-23-8-5-9-24(17-23)38-27(20-6-3-2-4-7-20)28(36)34-26-15-12-21(30)16-25(26)31/h2-17,27H,1H3,(H,34,36)(H2,32,33,37). The van der Waals surface area contributed by atoms with Crippen molar-refractivity contribution in [1.82, 2.24) is 0 Å². The van der Waals surface area contributed by atoms with Crippen molar-refractivity contribution in [2.45, 2.75) is 17.1 Å². The van der Waals surface area contributed by atoms with Gasteiger partial charge in [-0.05, 0) is 85.4 Å². The molecule has 4 aromatic carbocycles. The summed E-state index contributed by atoms with van der Waals surface area (Å²) in [5, 5.41) is 8.72. The second-order valence-electron chi connectivity index (χ2n) is 8.26. The van der Waals surface area contributed by atoms with Crippen LogP contribution in [0.15, 0.2) is 106 Å². The SMILES string of the molecule is CC(=O)c1ccc(NC(=S)Nc2cccc(SC(C(=O)Nc3ccc(Br)cc3F)c3ccccc3)c2)cc1. The highest BCUT2D eigenvalue weighted by Gasteiger charge is 2.23.